The van der Waals surface area contributed by atoms with Gasteiger partial charge in [0.25, 0.3) is 5.89 Å². The maximum absolute atomic E-state index is 15.2. The number of carboxylic acids is 1. The van der Waals surface area contributed by atoms with Crippen molar-refractivity contribution in [2.24, 2.45) is 0 Å². The van der Waals surface area contributed by atoms with Crippen LogP contribution in [0.2, 0.25) is 5.02 Å². The predicted octanol–water partition coefficient (Wildman–Crippen LogP) is 7.27. The lowest BCUT2D eigenvalue weighted by molar-refractivity contribution is -0.154. The van der Waals surface area contributed by atoms with Crippen molar-refractivity contribution < 1.29 is 33.1 Å². The molecule has 0 aliphatic heterocycles. The van der Waals surface area contributed by atoms with Crippen LogP contribution in [0.25, 0.3) is 34.0 Å². The predicted molar refractivity (Wildman–Crippen MR) is 181 cm³/mol. The van der Waals surface area contributed by atoms with E-state index in [4.69, 9.17) is 20.9 Å². The normalized spacial score (nSPS) is 11.9. The molecule has 11 nitrogen and oxygen atoms in total. The van der Waals surface area contributed by atoms with Gasteiger partial charge in [-0.05, 0) is 92.4 Å². The highest BCUT2D eigenvalue weighted by molar-refractivity contribution is 6.31. The molecule has 1 atom stereocenters. The average Bonchev–Trinajstić information content (AvgIpc) is 3.52. The largest absolute Gasteiger partial charge is 0.480 e. The molecule has 13 heteroatoms. The van der Waals surface area contributed by atoms with Gasteiger partial charge < -0.3 is 19.7 Å². The lowest BCUT2D eigenvalue weighted by atomic mass is 10.0. The maximum atomic E-state index is 15.2. The molecule has 2 amide bonds. The molecule has 5 aromatic rings. The summed E-state index contributed by atoms with van der Waals surface area (Å²) < 4.78 is 25.9. The Morgan fingerprint density at radius 3 is 2.29 bits per heavy atom. The number of hydrogen-bond acceptors (Lipinski definition) is 8. The van der Waals surface area contributed by atoms with Crippen molar-refractivity contribution in [3.8, 4) is 34.0 Å². The van der Waals surface area contributed by atoms with Gasteiger partial charge in [-0.3, -0.25) is 10.1 Å². The third-order valence-corrected chi connectivity index (χ3v) is 7.63. The van der Waals surface area contributed by atoms with Crippen LogP contribution in [-0.2, 0) is 27.2 Å². The van der Waals surface area contributed by atoms with E-state index in [-0.39, 0.29) is 41.9 Å². The number of nitrogens with one attached hydrogen (secondary N) is 2. The van der Waals surface area contributed by atoms with E-state index < -0.39 is 29.5 Å². The van der Waals surface area contributed by atoms with Crippen molar-refractivity contribution in [3.05, 3.63) is 107 Å². The number of anilines is 1. The Kier molecular flexibility index (Phi) is 10.4. The summed E-state index contributed by atoms with van der Waals surface area (Å²) in [5, 5.41) is 19.2. The van der Waals surface area contributed by atoms with Gasteiger partial charge in [0, 0.05) is 28.8 Å². The molecule has 49 heavy (non-hydrogen) atoms. The van der Waals surface area contributed by atoms with E-state index in [1.54, 1.807) is 63.4 Å². The van der Waals surface area contributed by atoms with Gasteiger partial charge in [0.2, 0.25) is 5.82 Å². The Labute approximate surface area is 286 Å². The number of ether oxygens (including phenoxy) is 1. The summed E-state index contributed by atoms with van der Waals surface area (Å²) in [4.78, 5) is 45.2. The van der Waals surface area contributed by atoms with Crippen molar-refractivity contribution in [2.75, 3.05) is 5.32 Å². The highest BCUT2D eigenvalue weighted by Gasteiger charge is 2.23. The molecule has 3 aromatic carbocycles. The Balaban J connectivity index is 1.19. The molecule has 0 saturated carbocycles. The molecule has 2 aromatic heterocycles. The third-order valence-electron chi connectivity index (χ3n) is 7.22. The van der Waals surface area contributed by atoms with Gasteiger partial charge in [0.05, 0.1) is 12.0 Å². The Morgan fingerprint density at radius 1 is 0.959 bits per heavy atom. The number of carboxylic acid groups (broad SMARTS) is 1. The molecule has 0 saturated heterocycles. The second kappa shape index (κ2) is 14.7. The third kappa shape index (κ3) is 9.26. The summed E-state index contributed by atoms with van der Waals surface area (Å²) in [6, 6.07) is 17.8. The van der Waals surface area contributed by atoms with Gasteiger partial charge >= 0.3 is 18.0 Å². The van der Waals surface area contributed by atoms with E-state index in [0.717, 1.165) is 28.3 Å². The van der Waals surface area contributed by atoms with Gasteiger partial charge in [-0.25, -0.2) is 19.0 Å². The Morgan fingerprint density at radius 2 is 1.65 bits per heavy atom. The van der Waals surface area contributed by atoms with Crippen molar-refractivity contribution in [2.45, 2.75) is 52.2 Å². The van der Waals surface area contributed by atoms with Crippen molar-refractivity contribution in [1.29, 1.82) is 0 Å². The fraction of sp³-hybridized carbons (Fsp3) is 0.222. The number of rotatable bonds is 10. The first kappa shape index (κ1) is 34.7. The number of aryl methyl sites for hydroxylation is 1. The number of pyridine rings is 1. The summed E-state index contributed by atoms with van der Waals surface area (Å²) >= 11 is 6.21. The van der Waals surface area contributed by atoms with Crippen molar-refractivity contribution >= 4 is 35.4 Å². The monoisotopic (exact) mass is 685 g/mol. The van der Waals surface area contributed by atoms with Gasteiger partial charge in [-0.15, -0.1) is 0 Å². The molecule has 3 N–H and O–H groups in total. The van der Waals surface area contributed by atoms with Gasteiger partial charge in [-0.2, -0.15) is 4.98 Å². The van der Waals surface area contributed by atoms with Crippen molar-refractivity contribution in [1.82, 2.24) is 20.4 Å². The number of benzene rings is 3. The number of urea groups is 1. The zero-order valence-corrected chi connectivity index (χ0v) is 27.8. The molecule has 5 rings (SSSR count). The minimum Gasteiger partial charge on any atom is -0.480 e. The number of carbonyl (C=O) groups excluding carboxylic acids is 2. The van der Waals surface area contributed by atoms with E-state index in [9.17, 15) is 19.5 Å². The Hall–Kier alpha value is -5.62. The van der Waals surface area contributed by atoms with E-state index >= 15 is 4.39 Å². The zero-order chi connectivity index (χ0) is 35.3. The van der Waals surface area contributed by atoms with Gasteiger partial charge in [0.15, 0.2) is 0 Å². The fourth-order valence-electron chi connectivity index (χ4n) is 4.78. The molecule has 252 valence electrons. The lowest BCUT2D eigenvalue weighted by Crippen LogP contribution is -2.44. The first-order chi connectivity index (χ1) is 23.2. The first-order valence-electron chi connectivity index (χ1n) is 15.2. The molecular formula is C36H33ClFN5O6. The zero-order valence-electron chi connectivity index (χ0n) is 27.1. The summed E-state index contributed by atoms with van der Waals surface area (Å²) in [5.74, 6) is -2.02. The van der Waals surface area contributed by atoms with Crippen LogP contribution in [0.4, 0.5) is 15.0 Å². The standard InChI is InChI=1S/C36H33ClFN5O6/c1-20-5-9-24(18-27(20)37)25-12-14-30(39-19-25)41-35(47)40-29(34(45)46)16-22-8-13-26(28(38)15-22)32-42-33(49-43-32)23-10-6-21(7-11-23)17-31(44)48-36(2,3)4/h5-15,18-19,29H,16-17H2,1-4H3,(H,45,46)(H2,39,40,41,47). The molecule has 0 spiro atoms. The number of esters is 1. The molecule has 0 aliphatic carbocycles. The maximum Gasteiger partial charge on any atom is 0.326 e. The highest BCUT2D eigenvalue weighted by atomic mass is 35.5. The van der Waals surface area contributed by atoms with Crippen LogP contribution in [0, 0.1) is 12.7 Å². The molecule has 2 heterocycles. The minimum atomic E-state index is -1.37. The van der Waals surface area contributed by atoms with E-state index in [1.807, 2.05) is 25.1 Å². The summed E-state index contributed by atoms with van der Waals surface area (Å²) in [5.41, 5.74) is 3.66. The van der Waals surface area contributed by atoms with E-state index in [2.05, 4.69) is 25.8 Å². The van der Waals surface area contributed by atoms with E-state index in [0.29, 0.717) is 16.1 Å². The van der Waals surface area contributed by atoms with Crippen LogP contribution in [0.1, 0.15) is 37.5 Å². The van der Waals surface area contributed by atoms with Gasteiger partial charge in [0.1, 0.15) is 23.3 Å². The number of amides is 2. The summed E-state index contributed by atoms with van der Waals surface area (Å²) in [6.07, 6.45) is 1.46. The van der Waals surface area contributed by atoms with Crippen LogP contribution >= 0.6 is 11.6 Å². The smallest absolute Gasteiger partial charge is 0.326 e. The van der Waals surface area contributed by atoms with Crippen LogP contribution in [0.3, 0.4) is 0 Å². The number of nitrogens with zero attached hydrogens (tertiary/aromatic N) is 3. The van der Waals surface area contributed by atoms with Crippen molar-refractivity contribution in [3.63, 3.8) is 0 Å². The fourth-order valence-corrected chi connectivity index (χ4v) is 4.96. The minimum absolute atomic E-state index is 0.00633. The van der Waals surface area contributed by atoms with Gasteiger partial charge in [-0.1, -0.05) is 47.1 Å². The molecule has 0 bridgehead atoms. The average molecular weight is 686 g/mol. The second-order valence-corrected chi connectivity index (χ2v) is 12.7. The topological polar surface area (TPSA) is 157 Å². The Bertz CT molecular complexity index is 1990. The molecule has 1 unspecified atom stereocenters. The summed E-state index contributed by atoms with van der Waals surface area (Å²) in [7, 11) is 0. The quantitative estimate of drug-likeness (QED) is 0.129. The number of carbonyl (C=O) groups is 3. The number of aromatic nitrogens is 3. The van der Waals surface area contributed by atoms with Crippen LogP contribution in [0.5, 0.6) is 0 Å². The SMILES string of the molecule is Cc1ccc(-c2ccc(NC(=O)NC(Cc3ccc(-c4noc(-c5ccc(CC(=O)OC(C)(C)C)cc5)n4)c(F)c3)C(=O)O)nc2)cc1Cl. The highest BCUT2D eigenvalue weighted by Crippen LogP contribution is 2.27. The van der Waals surface area contributed by atoms with Crippen LogP contribution < -0.4 is 10.6 Å². The molecular weight excluding hydrogens is 653 g/mol. The first-order valence-corrected chi connectivity index (χ1v) is 15.6. The second-order valence-electron chi connectivity index (χ2n) is 12.3. The van der Waals surface area contributed by atoms with Crippen LogP contribution in [-0.4, -0.2) is 49.8 Å². The molecule has 0 aliphatic rings. The number of hydrogen-bond donors (Lipinski definition) is 3. The molecule has 0 radical (unpaired) electrons. The number of halogens is 2. The number of aliphatic carboxylic acids is 1. The lowest BCUT2D eigenvalue weighted by Gasteiger charge is -2.19. The molecule has 0 fully saturated rings. The van der Waals surface area contributed by atoms with E-state index in [1.165, 1.54) is 12.1 Å². The van der Waals surface area contributed by atoms with Crippen LogP contribution in [0.15, 0.2) is 83.5 Å². The summed E-state index contributed by atoms with van der Waals surface area (Å²) in [6.45, 7) is 7.30.